The molecule has 0 aliphatic rings. The van der Waals surface area contributed by atoms with Crippen LogP contribution in [0.2, 0.25) is 0 Å². The van der Waals surface area contributed by atoms with Gasteiger partial charge in [0, 0.05) is 16.3 Å². The predicted molar refractivity (Wildman–Crippen MR) is 82.7 cm³/mol. The zero-order valence-corrected chi connectivity index (χ0v) is 12.4. The van der Waals surface area contributed by atoms with Crippen LogP contribution in [0.25, 0.3) is 0 Å². The van der Waals surface area contributed by atoms with Gasteiger partial charge in [-0.15, -0.1) is 11.8 Å². The van der Waals surface area contributed by atoms with E-state index in [9.17, 15) is 4.39 Å². The van der Waals surface area contributed by atoms with Gasteiger partial charge in [-0.3, -0.25) is 0 Å². The molecule has 2 rings (SSSR count). The molecule has 0 bridgehead atoms. The van der Waals surface area contributed by atoms with Crippen molar-refractivity contribution >= 4 is 17.4 Å². The van der Waals surface area contributed by atoms with E-state index in [2.05, 4.69) is 6.07 Å². The third-order valence-corrected chi connectivity index (χ3v) is 3.99. The van der Waals surface area contributed by atoms with Crippen molar-refractivity contribution in [2.75, 3.05) is 12.3 Å². The molecule has 0 heterocycles. The first-order valence-electron chi connectivity index (χ1n) is 6.47. The van der Waals surface area contributed by atoms with Gasteiger partial charge < -0.3 is 10.5 Å². The van der Waals surface area contributed by atoms with Gasteiger partial charge in [-0.25, -0.2) is 4.39 Å². The Labute approximate surface area is 127 Å². The Morgan fingerprint density at radius 3 is 2.81 bits per heavy atom. The summed E-state index contributed by atoms with van der Waals surface area (Å²) in [4.78, 5) is 0.856. The van der Waals surface area contributed by atoms with E-state index in [1.54, 1.807) is 6.07 Å². The van der Waals surface area contributed by atoms with E-state index in [1.807, 2.05) is 19.1 Å². The Kier molecular flexibility index (Phi) is 5.07. The molecule has 0 aromatic heterocycles. The molecule has 0 fully saturated rings. The van der Waals surface area contributed by atoms with Crippen molar-refractivity contribution in [1.82, 2.24) is 0 Å². The number of nitrogens with two attached hydrogens (primary N) is 1. The maximum Gasteiger partial charge on any atom is 0.123 e. The lowest BCUT2D eigenvalue weighted by Gasteiger charge is -2.09. The Hall–Kier alpha value is -2.19. The van der Waals surface area contributed by atoms with Crippen LogP contribution in [0.15, 0.2) is 41.3 Å². The summed E-state index contributed by atoms with van der Waals surface area (Å²) in [5.74, 6) is 0.870. The Bertz CT molecular complexity index is 682. The van der Waals surface area contributed by atoms with Crippen LogP contribution in [0.3, 0.4) is 0 Å². The van der Waals surface area contributed by atoms with Gasteiger partial charge in [0.05, 0.1) is 18.2 Å². The maximum atomic E-state index is 13.3. The largest absolute Gasteiger partial charge is 0.494 e. The third-order valence-electron chi connectivity index (χ3n) is 2.87. The fraction of sp³-hybridized carbons (Fsp3) is 0.188. The number of hydrogen-bond donors (Lipinski definition) is 1. The van der Waals surface area contributed by atoms with Crippen LogP contribution in [0.5, 0.6) is 5.75 Å². The van der Waals surface area contributed by atoms with E-state index in [4.69, 9.17) is 15.7 Å². The molecule has 5 heteroatoms. The second-order valence-electron chi connectivity index (χ2n) is 4.33. The van der Waals surface area contributed by atoms with Gasteiger partial charge in [-0.05, 0) is 48.9 Å². The quantitative estimate of drug-likeness (QED) is 0.670. The van der Waals surface area contributed by atoms with Gasteiger partial charge in [0.2, 0.25) is 0 Å². The van der Waals surface area contributed by atoms with Crippen molar-refractivity contribution in [2.24, 2.45) is 0 Å². The third kappa shape index (κ3) is 3.89. The van der Waals surface area contributed by atoms with Crippen molar-refractivity contribution in [2.45, 2.75) is 17.6 Å². The van der Waals surface area contributed by atoms with Gasteiger partial charge in [0.25, 0.3) is 0 Å². The molecule has 3 nitrogen and oxygen atoms in total. The van der Waals surface area contributed by atoms with Gasteiger partial charge in [-0.2, -0.15) is 5.26 Å². The topological polar surface area (TPSA) is 59.0 Å². The van der Waals surface area contributed by atoms with E-state index in [1.165, 1.54) is 30.0 Å². The molecule has 0 amide bonds. The van der Waals surface area contributed by atoms with Crippen molar-refractivity contribution in [3.05, 3.63) is 53.3 Å². The molecule has 0 spiro atoms. The highest BCUT2D eigenvalue weighted by Gasteiger charge is 2.07. The predicted octanol–water partition coefficient (Wildman–Crippen LogP) is 3.97. The molecule has 108 valence electrons. The number of nitrogens with zero attached hydrogens (tertiary/aromatic N) is 1. The molecule has 2 aromatic carbocycles. The lowest BCUT2D eigenvalue weighted by atomic mass is 10.1. The minimum Gasteiger partial charge on any atom is -0.494 e. The summed E-state index contributed by atoms with van der Waals surface area (Å²) in [7, 11) is 0. The number of anilines is 1. The second kappa shape index (κ2) is 7.00. The highest BCUT2D eigenvalue weighted by atomic mass is 32.2. The summed E-state index contributed by atoms with van der Waals surface area (Å²) < 4.78 is 18.7. The summed E-state index contributed by atoms with van der Waals surface area (Å²) in [6.07, 6.45) is 0. The van der Waals surface area contributed by atoms with E-state index in [0.717, 1.165) is 10.6 Å². The molecule has 2 N–H and O–H groups in total. The molecule has 21 heavy (non-hydrogen) atoms. The standard InChI is InChI=1S/C16H15FN2OS/c1-2-20-14-5-6-15(19)16(8-14)21-10-12-7-13(17)4-3-11(12)9-18/h3-8H,2,10,19H2,1H3. The smallest absolute Gasteiger partial charge is 0.123 e. The van der Waals surface area contributed by atoms with E-state index < -0.39 is 0 Å². The van der Waals surface area contributed by atoms with Gasteiger partial charge >= 0.3 is 0 Å². The van der Waals surface area contributed by atoms with E-state index in [0.29, 0.717) is 29.2 Å². The van der Waals surface area contributed by atoms with Crippen molar-refractivity contribution in [3.8, 4) is 11.8 Å². The lowest BCUT2D eigenvalue weighted by molar-refractivity contribution is 0.339. The van der Waals surface area contributed by atoms with Crippen LogP contribution in [0, 0.1) is 17.1 Å². The molecule has 0 atom stereocenters. The van der Waals surface area contributed by atoms with Crippen LogP contribution < -0.4 is 10.5 Å². The van der Waals surface area contributed by atoms with Crippen molar-refractivity contribution in [3.63, 3.8) is 0 Å². The number of rotatable bonds is 5. The Morgan fingerprint density at radius 2 is 2.10 bits per heavy atom. The van der Waals surface area contributed by atoms with Gasteiger partial charge in [0.15, 0.2) is 0 Å². The SMILES string of the molecule is CCOc1ccc(N)c(SCc2cc(F)ccc2C#N)c1. The summed E-state index contributed by atoms with van der Waals surface area (Å²) >= 11 is 1.46. The number of benzene rings is 2. The number of nitrogen functional groups attached to an aromatic ring is 1. The average Bonchev–Trinajstić information content (AvgIpc) is 2.48. The minimum atomic E-state index is -0.347. The maximum absolute atomic E-state index is 13.3. The number of nitriles is 1. The molecule has 0 saturated carbocycles. The molecule has 0 saturated heterocycles. The molecule has 0 unspecified atom stereocenters. The molecular formula is C16H15FN2OS. The first kappa shape index (κ1) is 15.2. The first-order chi connectivity index (χ1) is 10.1. The number of thioether (sulfide) groups is 1. The van der Waals surface area contributed by atoms with E-state index in [-0.39, 0.29) is 5.82 Å². The summed E-state index contributed by atoms with van der Waals surface area (Å²) in [6.45, 7) is 2.49. The molecular weight excluding hydrogens is 287 g/mol. The fourth-order valence-electron chi connectivity index (χ4n) is 1.84. The summed E-state index contributed by atoms with van der Waals surface area (Å²) in [6, 6.07) is 11.7. The monoisotopic (exact) mass is 302 g/mol. The number of halogens is 1. The minimum absolute atomic E-state index is 0.347. The highest BCUT2D eigenvalue weighted by molar-refractivity contribution is 7.98. The van der Waals surface area contributed by atoms with Crippen molar-refractivity contribution < 1.29 is 9.13 Å². The summed E-state index contributed by atoms with van der Waals surface area (Å²) in [5, 5.41) is 9.05. The summed E-state index contributed by atoms with van der Waals surface area (Å²) in [5.41, 5.74) is 7.70. The number of ether oxygens (including phenoxy) is 1. The molecule has 2 aromatic rings. The normalized spacial score (nSPS) is 10.1. The van der Waals surface area contributed by atoms with Gasteiger partial charge in [-0.1, -0.05) is 0 Å². The van der Waals surface area contributed by atoms with Crippen LogP contribution in [-0.2, 0) is 5.75 Å². The fourth-order valence-corrected chi connectivity index (χ4v) is 2.83. The van der Waals surface area contributed by atoms with Crippen LogP contribution in [0.4, 0.5) is 10.1 Å². The van der Waals surface area contributed by atoms with Crippen LogP contribution in [-0.4, -0.2) is 6.61 Å². The Balaban J connectivity index is 2.18. The van der Waals surface area contributed by atoms with Crippen LogP contribution in [0.1, 0.15) is 18.1 Å². The average molecular weight is 302 g/mol. The highest BCUT2D eigenvalue weighted by Crippen LogP contribution is 2.32. The molecule has 0 radical (unpaired) electrons. The second-order valence-corrected chi connectivity index (χ2v) is 5.35. The Morgan fingerprint density at radius 1 is 1.29 bits per heavy atom. The van der Waals surface area contributed by atoms with E-state index >= 15 is 0 Å². The molecule has 0 aliphatic heterocycles. The van der Waals surface area contributed by atoms with Crippen LogP contribution >= 0.6 is 11.8 Å². The zero-order chi connectivity index (χ0) is 15.2. The van der Waals surface area contributed by atoms with Crippen molar-refractivity contribution in [1.29, 1.82) is 5.26 Å². The van der Waals surface area contributed by atoms with Gasteiger partial charge in [0.1, 0.15) is 11.6 Å². The lowest BCUT2D eigenvalue weighted by Crippen LogP contribution is -1.95. The number of hydrogen-bond acceptors (Lipinski definition) is 4. The zero-order valence-electron chi connectivity index (χ0n) is 11.6. The first-order valence-corrected chi connectivity index (χ1v) is 7.46. The molecule has 0 aliphatic carbocycles.